The first kappa shape index (κ1) is 14.6. The Balaban J connectivity index is 1.83. The predicted octanol–water partition coefficient (Wildman–Crippen LogP) is 3.56. The third-order valence-corrected chi connectivity index (χ3v) is 3.81. The van der Waals surface area contributed by atoms with Crippen LogP contribution in [0.3, 0.4) is 0 Å². The molecule has 0 spiro atoms. The fourth-order valence-corrected chi connectivity index (χ4v) is 2.67. The molecular formula is C18H21N3O. The fourth-order valence-electron chi connectivity index (χ4n) is 2.67. The average Bonchev–Trinajstić information content (AvgIpc) is 3.07. The van der Waals surface area contributed by atoms with E-state index in [-0.39, 0.29) is 0 Å². The summed E-state index contributed by atoms with van der Waals surface area (Å²) in [7, 11) is 1.68. The quantitative estimate of drug-likeness (QED) is 0.864. The van der Waals surface area contributed by atoms with Gasteiger partial charge < -0.3 is 9.64 Å². The Kier molecular flexibility index (Phi) is 4.37. The summed E-state index contributed by atoms with van der Waals surface area (Å²) in [4.78, 5) is 11.5. The highest BCUT2D eigenvalue weighted by molar-refractivity contribution is 5.68. The fraction of sp³-hybridized carbons (Fsp3) is 0.333. The van der Waals surface area contributed by atoms with E-state index >= 15 is 0 Å². The van der Waals surface area contributed by atoms with Crippen LogP contribution in [0.5, 0.6) is 5.75 Å². The van der Waals surface area contributed by atoms with Crippen LogP contribution in [0.4, 0.5) is 5.82 Å². The molecule has 0 saturated carbocycles. The first-order valence-corrected chi connectivity index (χ1v) is 7.67. The molecule has 4 nitrogen and oxygen atoms in total. The van der Waals surface area contributed by atoms with Gasteiger partial charge >= 0.3 is 0 Å². The van der Waals surface area contributed by atoms with E-state index in [2.05, 4.69) is 20.9 Å². The number of aryl methyl sites for hydroxylation is 1. The average molecular weight is 295 g/mol. The largest absolute Gasteiger partial charge is 0.497 e. The Morgan fingerprint density at radius 3 is 2.68 bits per heavy atom. The van der Waals surface area contributed by atoms with Crippen molar-refractivity contribution in [2.45, 2.75) is 19.8 Å². The van der Waals surface area contributed by atoms with Crippen molar-refractivity contribution in [3.8, 4) is 5.75 Å². The molecule has 1 aliphatic rings. The number of rotatable bonds is 4. The number of ether oxygens (including phenoxy) is 1. The lowest BCUT2D eigenvalue weighted by atomic mass is 10.2. The van der Waals surface area contributed by atoms with Crippen LogP contribution in [-0.4, -0.2) is 30.2 Å². The number of benzene rings is 1. The van der Waals surface area contributed by atoms with E-state index in [1.807, 2.05) is 43.3 Å². The van der Waals surface area contributed by atoms with Crippen LogP contribution in [0.25, 0.3) is 12.2 Å². The monoisotopic (exact) mass is 295 g/mol. The zero-order valence-corrected chi connectivity index (χ0v) is 13.1. The van der Waals surface area contributed by atoms with E-state index in [4.69, 9.17) is 4.74 Å². The second-order valence-corrected chi connectivity index (χ2v) is 5.53. The summed E-state index contributed by atoms with van der Waals surface area (Å²) in [5, 5.41) is 0. The van der Waals surface area contributed by atoms with Crippen LogP contribution in [0.1, 0.15) is 29.9 Å². The van der Waals surface area contributed by atoms with Crippen LogP contribution >= 0.6 is 0 Å². The molecule has 0 amide bonds. The molecule has 0 radical (unpaired) electrons. The van der Waals surface area contributed by atoms with Crippen molar-refractivity contribution >= 4 is 18.0 Å². The standard InChI is InChI=1S/C18H21N3O/c1-14-12-18(21-10-3-4-11-21)20-17(19-14)9-8-15-6-5-7-16(13-15)22-2/h5-9,12-13H,3-4,10-11H2,1-2H3/b9-8+. The van der Waals surface area contributed by atoms with Crippen LogP contribution in [-0.2, 0) is 0 Å². The van der Waals surface area contributed by atoms with Crippen LogP contribution in [0.15, 0.2) is 30.3 Å². The van der Waals surface area contributed by atoms with Gasteiger partial charge in [0, 0.05) is 24.8 Å². The number of anilines is 1. The Bertz CT molecular complexity index is 676. The molecule has 2 heterocycles. The summed E-state index contributed by atoms with van der Waals surface area (Å²) < 4.78 is 5.24. The van der Waals surface area contributed by atoms with E-state index < -0.39 is 0 Å². The zero-order valence-electron chi connectivity index (χ0n) is 13.1. The lowest BCUT2D eigenvalue weighted by Gasteiger charge is -2.16. The van der Waals surface area contributed by atoms with Gasteiger partial charge in [0.15, 0.2) is 5.82 Å². The summed E-state index contributed by atoms with van der Waals surface area (Å²) in [6.07, 6.45) is 6.47. The molecular weight excluding hydrogens is 274 g/mol. The molecule has 0 bridgehead atoms. The Morgan fingerprint density at radius 2 is 1.91 bits per heavy atom. The molecule has 0 unspecified atom stereocenters. The van der Waals surface area contributed by atoms with E-state index in [1.165, 1.54) is 12.8 Å². The molecule has 1 fully saturated rings. The maximum atomic E-state index is 5.24. The van der Waals surface area contributed by atoms with Crippen LogP contribution in [0, 0.1) is 6.92 Å². The molecule has 22 heavy (non-hydrogen) atoms. The van der Waals surface area contributed by atoms with Crippen LogP contribution in [0.2, 0.25) is 0 Å². The lowest BCUT2D eigenvalue weighted by molar-refractivity contribution is 0.414. The second kappa shape index (κ2) is 6.60. The van der Waals surface area contributed by atoms with E-state index in [0.29, 0.717) is 0 Å². The summed E-state index contributed by atoms with van der Waals surface area (Å²) >= 11 is 0. The van der Waals surface area contributed by atoms with Crippen LogP contribution < -0.4 is 9.64 Å². The lowest BCUT2D eigenvalue weighted by Crippen LogP contribution is -2.19. The van der Waals surface area contributed by atoms with Crippen molar-refractivity contribution in [1.82, 2.24) is 9.97 Å². The Labute approximate surface area is 131 Å². The first-order valence-electron chi connectivity index (χ1n) is 7.67. The Hall–Kier alpha value is -2.36. The van der Waals surface area contributed by atoms with E-state index in [0.717, 1.165) is 41.7 Å². The SMILES string of the molecule is COc1cccc(/C=C/c2nc(C)cc(N3CCCC3)n2)c1. The normalized spacial score (nSPS) is 14.7. The summed E-state index contributed by atoms with van der Waals surface area (Å²) in [6, 6.07) is 10.0. The van der Waals surface area contributed by atoms with Gasteiger partial charge in [0.05, 0.1) is 7.11 Å². The van der Waals surface area contributed by atoms with E-state index in [1.54, 1.807) is 7.11 Å². The topological polar surface area (TPSA) is 38.2 Å². The number of hydrogen-bond donors (Lipinski definition) is 0. The van der Waals surface area contributed by atoms with Gasteiger partial charge in [-0.25, -0.2) is 9.97 Å². The zero-order chi connectivity index (χ0) is 15.4. The molecule has 114 valence electrons. The number of aromatic nitrogens is 2. The van der Waals surface area contributed by atoms with Gasteiger partial charge in [0.1, 0.15) is 11.6 Å². The smallest absolute Gasteiger partial charge is 0.154 e. The molecule has 1 aliphatic heterocycles. The minimum absolute atomic E-state index is 0.754. The number of hydrogen-bond acceptors (Lipinski definition) is 4. The minimum Gasteiger partial charge on any atom is -0.497 e. The van der Waals surface area contributed by atoms with Gasteiger partial charge in [-0.1, -0.05) is 18.2 Å². The maximum Gasteiger partial charge on any atom is 0.154 e. The summed E-state index contributed by atoms with van der Waals surface area (Å²) in [5.41, 5.74) is 2.08. The maximum absolute atomic E-state index is 5.24. The van der Waals surface area contributed by atoms with Crippen molar-refractivity contribution in [1.29, 1.82) is 0 Å². The van der Waals surface area contributed by atoms with Gasteiger partial charge in [-0.15, -0.1) is 0 Å². The van der Waals surface area contributed by atoms with Crippen molar-refractivity contribution in [2.75, 3.05) is 25.1 Å². The first-order chi connectivity index (χ1) is 10.7. The molecule has 1 aromatic carbocycles. The van der Waals surface area contributed by atoms with Gasteiger partial charge in [-0.2, -0.15) is 0 Å². The molecule has 1 saturated heterocycles. The third kappa shape index (κ3) is 3.45. The van der Waals surface area contributed by atoms with Gasteiger partial charge in [0.25, 0.3) is 0 Å². The van der Waals surface area contributed by atoms with E-state index in [9.17, 15) is 0 Å². The molecule has 0 atom stereocenters. The molecule has 1 aromatic heterocycles. The number of methoxy groups -OCH3 is 1. The Morgan fingerprint density at radius 1 is 1.09 bits per heavy atom. The predicted molar refractivity (Wildman–Crippen MR) is 90.1 cm³/mol. The second-order valence-electron chi connectivity index (χ2n) is 5.53. The summed E-state index contributed by atoms with van der Waals surface area (Å²) in [5.74, 6) is 2.64. The highest BCUT2D eigenvalue weighted by Gasteiger charge is 2.14. The molecule has 3 rings (SSSR count). The van der Waals surface area contributed by atoms with Crippen molar-refractivity contribution in [3.05, 3.63) is 47.4 Å². The molecule has 0 N–H and O–H groups in total. The highest BCUT2D eigenvalue weighted by Crippen LogP contribution is 2.19. The highest BCUT2D eigenvalue weighted by atomic mass is 16.5. The number of nitrogens with zero attached hydrogens (tertiary/aromatic N) is 3. The molecule has 0 aliphatic carbocycles. The van der Waals surface area contributed by atoms with Crippen molar-refractivity contribution < 1.29 is 4.74 Å². The van der Waals surface area contributed by atoms with Gasteiger partial charge in [-0.3, -0.25) is 0 Å². The molecule has 4 heteroatoms. The van der Waals surface area contributed by atoms with Crippen molar-refractivity contribution in [2.24, 2.45) is 0 Å². The van der Waals surface area contributed by atoms with Gasteiger partial charge in [-0.05, 0) is 43.5 Å². The molecule has 2 aromatic rings. The third-order valence-electron chi connectivity index (χ3n) is 3.81. The van der Waals surface area contributed by atoms with Crippen molar-refractivity contribution in [3.63, 3.8) is 0 Å². The summed E-state index contributed by atoms with van der Waals surface area (Å²) in [6.45, 7) is 4.20. The minimum atomic E-state index is 0.754. The van der Waals surface area contributed by atoms with Gasteiger partial charge in [0.2, 0.25) is 0 Å².